The Morgan fingerprint density at radius 2 is 1.88 bits per heavy atom. The van der Waals surface area contributed by atoms with Gasteiger partial charge in [-0.15, -0.1) is 0 Å². The molecule has 0 radical (unpaired) electrons. The molecule has 6 nitrogen and oxygen atoms in total. The minimum Gasteiger partial charge on any atom is -0.350 e. The Balaban J connectivity index is 1.60. The van der Waals surface area contributed by atoms with Gasteiger partial charge in [0.2, 0.25) is 5.91 Å². The summed E-state index contributed by atoms with van der Waals surface area (Å²) in [5.41, 5.74) is 0.372. The van der Waals surface area contributed by atoms with E-state index in [0.29, 0.717) is 22.7 Å². The molecule has 2 aromatic heterocycles. The lowest BCUT2D eigenvalue weighted by Gasteiger charge is -2.20. The monoisotopic (exact) mass is 471 g/mol. The highest BCUT2D eigenvalue weighted by atomic mass is 35.5. The molecule has 0 aliphatic carbocycles. The SMILES string of the molecule is CN(CC(=O)Nc1ccc(Cl)c(C(F)(F)F)c1)c1nc(-c2cccnc2)nc2ccccc12. The number of aromatic nitrogens is 3. The van der Waals surface area contributed by atoms with E-state index in [0.717, 1.165) is 17.5 Å². The number of hydrogen-bond donors (Lipinski definition) is 1. The third-order valence-electron chi connectivity index (χ3n) is 4.80. The molecule has 0 atom stereocenters. The average molecular weight is 472 g/mol. The first kappa shape index (κ1) is 22.5. The van der Waals surface area contributed by atoms with E-state index in [-0.39, 0.29) is 12.2 Å². The number of nitrogens with zero attached hydrogens (tertiary/aromatic N) is 4. The second-order valence-corrected chi connectivity index (χ2v) is 7.63. The summed E-state index contributed by atoms with van der Waals surface area (Å²) in [4.78, 5) is 27.5. The quantitative estimate of drug-likeness (QED) is 0.420. The van der Waals surface area contributed by atoms with E-state index in [1.165, 1.54) is 6.07 Å². The Morgan fingerprint density at radius 1 is 1.09 bits per heavy atom. The van der Waals surface area contributed by atoms with Crippen LogP contribution in [0.2, 0.25) is 5.02 Å². The van der Waals surface area contributed by atoms with Crippen LogP contribution in [0.4, 0.5) is 24.7 Å². The highest BCUT2D eigenvalue weighted by molar-refractivity contribution is 6.31. The smallest absolute Gasteiger partial charge is 0.350 e. The third-order valence-corrected chi connectivity index (χ3v) is 5.13. The zero-order valence-electron chi connectivity index (χ0n) is 17.3. The topological polar surface area (TPSA) is 71.0 Å². The summed E-state index contributed by atoms with van der Waals surface area (Å²) in [6.45, 7) is -0.155. The molecule has 0 fully saturated rings. The molecule has 1 amide bonds. The Kier molecular flexibility index (Phi) is 6.15. The average Bonchev–Trinajstić information content (AvgIpc) is 2.79. The molecule has 0 aliphatic rings. The summed E-state index contributed by atoms with van der Waals surface area (Å²) in [5.74, 6) is 0.428. The van der Waals surface area contributed by atoms with Crippen molar-refractivity contribution in [3.05, 3.63) is 77.6 Å². The molecule has 33 heavy (non-hydrogen) atoms. The van der Waals surface area contributed by atoms with Gasteiger partial charge in [-0.25, -0.2) is 9.97 Å². The predicted octanol–water partition coefficient (Wildman–Crippen LogP) is 5.44. The summed E-state index contributed by atoms with van der Waals surface area (Å²) in [7, 11) is 1.67. The van der Waals surface area contributed by atoms with Crippen molar-refractivity contribution in [1.82, 2.24) is 15.0 Å². The molecule has 4 aromatic rings. The predicted molar refractivity (Wildman–Crippen MR) is 121 cm³/mol. The van der Waals surface area contributed by atoms with Crippen molar-refractivity contribution >= 4 is 39.9 Å². The van der Waals surface area contributed by atoms with Crippen LogP contribution in [0.5, 0.6) is 0 Å². The molecule has 0 spiro atoms. The maximum atomic E-state index is 13.1. The number of likely N-dealkylation sites (N-methyl/N-ethyl adjacent to an activating group) is 1. The number of carbonyl (C=O) groups is 1. The zero-order chi connectivity index (χ0) is 23.6. The van der Waals surface area contributed by atoms with Gasteiger partial charge in [0.05, 0.1) is 22.6 Å². The number of halogens is 4. The van der Waals surface area contributed by atoms with Crippen LogP contribution >= 0.6 is 11.6 Å². The first-order chi connectivity index (χ1) is 15.7. The van der Waals surface area contributed by atoms with Crippen molar-refractivity contribution in [3.63, 3.8) is 0 Å². The molecular weight excluding hydrogens is 455 g/mol. The minimum atomic E-state index is -4.63. The standard InChI is InChI=1S/C23H17ClF3N5O/c1-32(13-20(33)29-15-8-9-18(24)17(11-15)23(25,26)27)22-16-6-2-3-7-19(16)30-21(31-22)14-5-4-10-28-12-14/h2-12H,13H2,1H3,(H,29,33). The Morgan fingerprint density at radius 3 is 2.61 bits per heavy atom. The van der Waals surface area contributed by atoms with Crippen LogP contribution in [-0.4, -0.2) is 34.5 Å². The van der Waals surface area contributed by atoms with Gasteiger partial charge in [-0.1, -0.05) is 23.7 Å². The van der Waals surface area contributed by atoms with Crippen molar-refractivity contribution < 1.29 is 18.0 Å². The zero-order valence-corrected chi connectivity index (χ0v) is 18.0. The van der Waals surface area contributed by atoms with Gasteiger partial charge in [0, 0.05) is 36.1 Å². The normalized spacial score (nSPS) is 11.4. The number of nitrogens with one attached hydrogen (secondary N) is 1. The summed E-state index contributed by atoms with van der Waals surface area (Å²) in [6, 6.07) is 14.2. The van der Waals surface area contributed by atoms with Gasteiger partial charge in [0.1, 0.15) is 5.82 Å². The van der Waals surface area contributed by atoms with E-state index >= 15 is 0 Å². The van der Waals surface area contributed by atoms with Crippen molar-refractivity contribution in [3.8, 4) is 11.4 Å². The van der Waals surface area contributed by atoms with Crippen molar-refractivity contribution in [1.29, 1.82) is 0 Å². The fraction of sp³-hybridized carbons (Fsp3) is 0.130. The van der Waals surface area contributed by atoms with Gasteiger partial charge in [0.15, 0.2) is 5.82 Å². The molecule has 4 rings (SSSR count). The number of benzene rings is 2. The molecule has 0 aliphatic heterocycles. The minimum absolute atomic E-state index is 0.00582. The number of para-hydroxylation sites is 1. The second kappa shape index (κ2) is 9.03. The Hall–Kier alpha value is -3.72. The lowest BCUT2D eigenvalue weighted by Crippen LogP contribution is -2.31. The maximum absolute atomic E-state index is 13.1. The van der Waals surface area contributed by atoms with Gasteiger partial charge in [-0.05, 0) is 42.5 Å². The second-order valence-electron chi connectivity index (χ2n) is 7.23. The van der Waals surface area contributed by atoms with Crippen LogP contribution in [0.3, 0.4) is 0 Å². The number of hydrogen-bond acceptors (Lipinski definition) is 5. The summed E-state index contributed by atoms with van der Waals surface area (Å²) in [5, 5.41) is 2.78. The third kappa shape index (κ3) is 5.04. The first-order valence-electron chi connectivity index (χ1n) is 9.77. The molecule has 0 unspecified atom stereocenters. The van der Waals surface area contributed by atoms with Gasteiger partial charge in [-0.2, -0.15) is 13.2 Å². The van der Waals surface area contributed by atoms with Gasteiger partial charge in [-0.3, -0.25) is 9.78 Å². The highest BCUT2D eigenvalue weighted by Crippen LogP contribution is 2.36. The molecule has 168 valence electrons. The largest absolute Gasteiger partial charge is 0.417 e. The molecule has 10 heteroatoms. The molecule has 0 saturated heterocycles. The van der Waals surface area contributed by atoms with Crippen LogP contribution < -0.4 is 10.2 Å². The van der Waals surface area contributed by atoms with Crippen LogP contribution in [-0.2, 0) is 11.0 Å². The van der Waals surface area contributed by atoms with Crippen LogP contribution in [0, 0.1) is 0 Å². The van der Waals surface area contributed by atoms with E-state index < -0.39 is 22.7 Å². The molecule has 2 heterocycles. The van der Waals surface area contributed by atoms with E-state index in [2.05, 4.69) is 20.3 Å². The summed E-state index contributed by atoms with van der Waals surface area (Å²) >= 11 is 5.64. The van der Waals surface area contributed by atoms with Crippen molar-refractivity contribution in [2.45, 2.75) is 6.18 Å². The maximum Gasteiger partial charge on any atom is 0.417 e. The van der Waals surface area contributed by atoms with E-state index in [9.17, 15) is 18.0 Å². The number of carbonyl (C=O) groups excluding carboxylic acids is 1. The van der Waals surface area contributed by atoms with E-state index in [1.807, 2.05) is 30.3 Å². The summed E-state index contributed by atoms with van der Waals surface area (Å²) < 4.78 is 39.3. The lowest BCUT2D eigenvalue weighted by atomic mass is 10.2. The van der Waals surface area contributed by atoms with Crippen LogP contribution in [0.25, 0.3) is 22.3 Å². The van der Waals surface area contributed by atoms with Crippen molar-refractivity contribution in [2.75, 3.05) is 23.8 Å². The molecule has 0 saturated carbocycles. The summed E-state index contributed by atoms with van der Waals surface area (Å²) in [6.07, 6.45) is -1.35. The van der Waals surface area contributed by atoms with Crippen LogP contribution in [0.1, 0.15) is 5.56 Å². The highest BCUT2D eigenvalue weighted by Gasteiger charge is 2.33. The fourth-order valence-corrected chi connectivity index (χ4v) is 3.51. The number of pyridine rings is 1. The molecule has 0 bridgehead atoms. The van der Waals surface area contributed by atoms with Gasteiger partial charge < -0.3 is 10.2 Å². The van der Waals surface area contributed by atoms with Gasteiger partial charge >= 0.3 is 6.18 Å². The van der Waals surface area contributed by atoms with E-state index in [1.54, 1.807) is 30.4 Å². The molecule has 2 aromatic carbocycles. The molecular formula is C23H17ClF3N5O. The fourth-order valence-electron chi connectivity index (χ4n) is 3.29. The Bertz CT molecular complexity index is 1310. The number of rotatable bonds is 5. The van der Waals surface area contributed by atoms with E-state index in [4.69, 9.17) is 11.6 Å². The number of anilines is 2. The number of fused-ring (bicyclic) bond motifs is 1. The number of alkyl halides is 3. The van der Waals surface area contributed by atoms with Gasteiger partial charge in [0.25, 0.3) is 0 Å². The first-order valence-corrected chi connectivity index (χ1v) is 10.1. The van der Waals surface area contributed by atoms with Crippen molar-refractivity contribution in [2.24, 2.45) is 0 Å². The lowest BCUT2D eigenvalue weighted by molar-refractivity contribution is -0.137. The number of amides is 1. The van der Waals surface area contributed by atoms with Crippen LogP contribution in [0.15, 0.2) is 67.0 Å². The Labute approximate surface area is 192 Å². The molecule has 1 N–H and O–H groups in total.